The highest BCUT2D eigenvalue weighted by Crippen LogP contribution is 2.35. The molecule has 0 atom stereocenters. The smallest absolute Gasteiger partial charge is 0.345 e. The molecule has 0 bridgehead atoms. The van der Waals surface area contributed by atoms with Crippen molar-refractivity contribution in [2.45, 2.75) is 39.0 Å². The zero-order valence-electron chi connectivity index (χ0n) is 25.8. The number of imidazole rings is 1. The van der Waals surface area contributed by atoms with Crippen LogP contribution in [-0.2, 0) is 24.1 Å². The van der Waals surface area contributed by atoms with Gasteiger partial charge in [-0.25, -0.2) is 4.98 Å². The summed E-state index contributed by atoms with van der Waals surface area (Å²) < 4.78 is 47.3. The first-order valence-corrected chi connectivity index (χ1v) is 15.7. The van der Waals surface area contributed by atoms with E-state index in [-0.39, 0.29) is 64.6 Å². The molecule has 3 N–H and O–H groups in total. The Morgan fingerprint density at radius 1 is 1.10 bits per heavy atom. The maximum atomic E-state index is 13.8. The molecule has 0 radical (unpaired) electrons. The van der Waals surface area contributed by atoms with Gasteiger partial charge in [0.05, 0.1) is 28.0 Å². The summed E-state index contributed by atoms with van der Waals surface area (Å²) in [5, 5.41) is 13.4. The Kier molecular flexibility index (Phi) is 9.50. The third-order valence-corrected chi connectivity index (χ3v) is 8.58. The number of aromatic nitrogens is 6. The van der Waals surface area contributed by atoms with Crippen molar-refractivity contribution in [1.29, 1.82) is 0 Å². The van der Waals surface area contributed by atoms with Gasteiger partial charge in [0.2, 0.25) is 11.8 Å². The number of nitrogens with one attached hydrogen (secondary N) is 3. The summed E-state index contributed by atoms with van der Waals surface area (Å²) in [5.74, 6) is -0.549. The summed E-state index contributed by atoms with van der Waals surface area (Å²) in [5.41, 5.74) is -0.654. The van der Waals surface area contributed by atoms with Crippen LogP contribution in [0.5, 0.6) is 0 Å². The zero-order valence-corrected chi connectivity index (χ0v) is 26.6. The molecular formula is C30H32ClF3N10O4. The fourth-order valence-electron chi connectivity index (χ4n) is 5.77. The van der Waals surface area contributed by atoms with Crippen molar-refractivity contribution in [3.8, 4) is 11.3 Å². The van der Waals surface area contributed by atoms with Crippen LogP contribution >= 0.6 is 11.6 Å². The summed E-state index contributed by atoms with van der Waals surface area (Å²) in [7, 11) is 0. The molecule has 48 heavy (non-hydrogen) atoms. The Morgan fingerprint density at radius 3 is 2.50 bits per heavy atom. The molecule has 2 aliphatic rings. The Bertz CT molecular complexity index is 1810. The molecule has 4 aromatic rings. The first-order chi connectivity index (χ1) is 23.0. The van der Waals surface area contributed by atoms with Gasteiger partial charge in [0.1, 0.15) is 6.54 Å². The first-order valence-electron chi connectivity index (χ1n) is 15.3. The minimum Gasteiger partial charge on any atom is -0.345 e. The fourth-order valence-corrected chi connectivity index (χ4v) is 6.05. The lowest BCUT2D eigenvalue weighted by Crippen LogP contribution is -2.52. The van der Waals surface area contributed by atoms with Crippen molar-refractivity contribution >= 4 is 29.3 Å². The summed E-state index contributed by atoms with van der Waals surface area (Å²) in [6, 6.07) is 4.80. The maximum absolute atomic E-state index is 13.8. The number of rotatable bonds is 8. The van der Waals surface area contributed by atoms with Gasteiger partial charge in [0, 0.05) is 51.8 Å². The predicted octanol–water partition coefficient (Wildman–Crippen LogP) is 2.90. The molecule has 0 aliphatic carbocycles. The van der Waals surface area contributed by atoms with E-state index >= 15 is 0 Å². The second-order valence-electron chi connectivity index (χ2n) is 11.6. The van der Waals surface area contributed by atoms with Gasteiger partial charge in [-0.2, -0.15) is 23.3 Å². The number of nitrogens with zero attached hydrogens (tertiary/aromatic N) is 7. The monoisotopic (exact) mass is 688 g/mol. The van der Waals surface area contributed by atoms with Crippen molar-refractivity contribution < 1.29 is 32.1 Å². The molecule has 0 saturated carbocycles. The standard InChI is InChI=1S/C30H32ClF3N10O4/c1-17-38-24(41-48-17)16-44-15-21(25(40-44)30(32,33)34)23-14-36-26(39-23)27(45)37-13-18-2-3-20(22(31)12-18)29(47)43-10-8-42(9-11-43)28(46)19-4-6-35-7-5-19/h2-3,12,14-15,19,35H,4-11,13,16H2,1H3,(H,36,39)(H,37,45). The van der Waals surface area contributed by atoms with Crippen molar-refractivity contribution in [1.82, 2.24) is 50.3 Å². The minimum absolute atomic E-state index is 0.0103. The molecule has 254 valence electrons. The maximum Gasteiger partial charge on any atom is 0.435 e. The number of aromatic amines is 1. The molecule has 18 heteroatoms. The lowest BCUT2D eigenvalue weighted by Gasteiger charge is -2.37. The zero-order chi connectivity index (χ0) is 34.0. The summed E-state index contributed by atoms with van der Waals surface area (Å²) >= 11 is 6.47. The Morgan fingerprint density at radius 2 is 1.83 bits per heavy atom. The number of benzene rings is 1. The van der Waals surface area contributed by atoms with Gasteiger partial charge in [-0.15, -0.1) is 0 Å². The van der Waals surface area contributed by atoms with Crippen LogP contribution in [0.1, 0.15) is 56.8 Å². The van der Waals surface area contributed by atoms with Crippen molar-refractivity contribution in [3.05, 3.63) is 70.0 Å². The van der Waals surface area contributed by atoms with Crippen LogP contribution in [0.2, 0.25) is 5.02 Å². The van der Waals surface area contributed by atoms with Gasteiger partial charge >= 0.3 is 6.18 Å². The topological polar surface area (TPSA) is 167 Å². The number of alkyl halides is 3. The van der Waals surface area contributed by atoms with Crippen molar-refractivity contribution in [2.24, 2.45) is 5.92 Å². The molecule has 2 saturated heterocycles. The minimum atomic E-state index is -4.78. The highest BCUT2D eigenvalue weighted by atomic mass is 35.5. The van der Waals surface area contributed by atoms with Crippen LogP contribution < -0.4 is 10.6 Å². The number of carbonyl (C=O) groups is 3. The van der Waals surface area contributed by atoms with Crippen LogP contribution in [-0.4, -0.2) is 96.7 Å². The number of halogens is 4. The predicted molar refractivity (Wildman–Crippen MR) is 164 cm³/mol. The molecule has 6 rings (SSSR count). The number of amides is 3. The number of aryl methyl sites for hydroxylation is 1. The van der Waals surface area contributed by atoms with E-state index in [2.05, 4.69) is 35.8 Å². The first kappa shape index (κ1) is 33.1. The van der Waals surface area contributed by atoms with Gasteiger partial charge in [0.15, 0.2) is 17.3 Å². The van der Waals surface area contributed by atoms with E-state index in [0.29, 0.717) is 37.3 Å². The fraction of sp³-hybridized carbons (Fsp3) is 0.433. The van der Waals surface area contributed by atoms with Crippen molar-refractivity contribution in [3.63, 3.8) is 0 Å². The molecule has 3 amide bonds. The molecule has 1 aromatic carbocycles. The van der Waals surface area contributed by atoms with Gasteiger partial charge in [-0.05, 0) is 43.6 Å². The molecule has 14 nitrogen and oxygen atoms in total. The van der Waals surface area contributed by atoms with E-state index in [1.54, 1.807) is 30.0 Å². The second-order valence-corrected chi connectivity index (χ2v) is 12.0. The van der Waals surface area contributed by atoms with E-state index < -0.39 is 17.8 Å². The largest absolute Gasteiger partial charge is 0.435 e. The SMILES string of the molecule is Cc1nc(Cn2cc(-c3cnc(C(=O)NCc4ccc(C(=O)N5CCN(C(=O)C6CCNCC6)CC5)c(Cl)c4)[nH]3)c(C(F)(F)F)n2)no1. The molecule has 0 unspecified atom stereocenters. The quantitative estimate of drug-likeness (QED) is 0.252. The van der Waals surface area contributed by atoms with Crippen LogP contribution in [0.4, 0.5) is 13.2 Å². The average molecular weight is 689 g/mol. The number of H-pyrrole nitrogens is 1. The van der Waals surface area contributed by atoms with Gasteiger partial charge < -0.3 is 29.9 Å². The summed E-state index contributed by atoms with van der Waals surface area (Å²) in [4.78, 5) is 53.0. The normalized spacial score (nSPS) is 15.9. The molecular weight excluding hydrogens is 657 g/mol. The second kappa shape index (κ2) is 13.8. The van der Waals surface area contributed by atoms with Gasteiger partial charge in [0.25, 0.3) is 11.8 Å². The Balaban J connectivity index is 1.05. The third-order valence-electron chi connectivity index (χ3n) is 8.27. The summed E-state index contributed by atoms with van der Waals surface area (Å²) in [6.07, 6.45) is -0.868. The molecule has 5 heterocycles. The lowest BCUT2D eigenvalue weighted by molar-refractivity contribution is -0.141. The van der Waals surface area contributed by atoms with Crippen molar-refractivity contribution in [2.75, 3.05) is 39.3 Å². The summed E-state index contributed by atoms with van der Waals surface area (Å²) in [6.45, 7) is 4.80. The molecule has 2 aliphatic heterocycles. The number of hydrogen-bond acceptors (Lipinski definition) is 9. The highest BCUT2D eigenvalue weighted by molar-refractivity contribution is 6.33. The number of carbonyl (C=O) groups excluding carboxylic acids is 3. The number of piperazine rings is 1. The van der Waals surface area contributed by atoms with E-state index in [0.717, 1.165) is 43.0 Å². The van der Waals surface area contributed by atoms with E-state index in [4.69, 9.17) is 16.1 Å². The van der Waals surface area contributed by atoms with E-state index in [1.165, 1.54) is 0 Å². The van der Waals surface area contributed by atoms with Crippen LogP contribution in [0.15, 0.2) is 35.1 Å². The third kappa shape index (κ3) is 7.36. The number of hydrogen-bond donors (Lipinski definition) is 3. The Hall–Kier alpha value is -4.77. The molecule has 3 aromatic heterocycles. The van der Waals surface area contributed by atoms with E-state index in [1.807, 2.05) is 4.90 Å². The average Bonchev–Trinajstić information content (AvgIpc) is 3.84. The van der Waals surface area contributed by atoms with E-state index in [9.17, 15) is 27.6 Å². The molecule has 0 spiro atoms. The Labute approximate surface area is 277 Å². The highest BCUT2D eigenvalue weighted by Gasteiger charge is 2.38. The van der Waals surface area contributed by atoms with Gasteiger partial charge in [-0.3, -0.25) is 19.1 Å². The van der Waals surface area contributed by atoms with Crippen LogP contribution in [0.25, 0.3) is 11.3 Å². The van der Waals surface area contributed by atoms with Crippen LogP contribution in [0.3, 0.4) is 0 Å². The van der Waals surface area contributed by atoms with Gasteiger partial charge in [-0.1, -0.05) is 22.8 Å². The van der Waals surface area contributed by atoms with Crippen LogP contribution in [0, 0.1) is 12.8 Å². The lowest BCUT2D eigenvalue weighted by atomic mass is 9.96. The number of piperidine rings is 1. The molecule has 2 fully saturated rings.